The predicted octanol–water partition coefficient (Wildman–Crippen LogP) is 2.72. The Hall–Kier alpha value is -2.44. The third kappa shape index (κ3) is 4.18. The molecule has 2 aromatic rings. The Balaban J connectivity index is 1.34. The Morgan fingerprint density at radius 2 is 2.04 bits per heavy atom. The summed E-state index contributed by atoms with van der Waals surface area (Å²) in [4.78, 5) is 24.1. The molecule has 0 saturated carbocycles. The third-order valence-electron chi connectivity index (χ3n) is 6.27. The molecule has 0 aliphatic carbocycles. The minimum absolute atomic E-state index is 0.113. The quantitative estimate of drug-likeness (QED) is 0.806. The van der Waals surface area contributed by atoms with E-state index in [1.807, 2.05) is 24.4 Å². The van der Waals surface area contributed by atoms with E-state index in [1.54, 1.807) is 6.20 Å². The molecule has 3 heterocycles. The lowest BCUT2D eigenvalue weighted by molar-refractivity contribution is -0.145. The lowest BCUT2D eigenvalue weighted by atomic mass is 9.71. The fourth-order valence-electron chi connectivity index (χ4n) is 4.72. The number of hydrogen-bond acceptors (Lipinski definition) is 4. The van der Waals surface area contributed by atoms with Gasteiger partial charge in [0.15, 0.2) is 0 Å². The Bertz CT molecular complexity index is 795. The Labute approximate surface area is 165 Å². The van der Waals surface area contributed by atoms with Crippen LogP contribution in [0.1, 0.15) is 24.2 Å². The van der Waals surface area contributed by atoms with Crippen molar-refractivity contribution >= 4 is 12.0 Å². The highest BCUT2D eigenvalue weighted by molar-refractivity contribution is 5.72. The molecule has 6 heteroatoms. The van der Waals surface area contributed by atoms with Crippen LogP contribution in [0.25, 0.3) is 6.08 Å². The monoisotopic (exact) mass is 380 g/mol. The number of likely N-dealkylation sites (tertiary alicyclic amines) is 2. The van der Waals surface area contributed by atoms with Crippen LogP contribution in [0.5, 0.6) is 0 Å². The number of nitrogens with zero attached hydrogens (tertiary/aromatic N) is 3. The number of aromatic amines is 1. The molecule has 148 valence electrons. The average Bonchev–Trinajstić information content (AvgIpc) is 3.33. The maximum Gasteiger partial charge on any atom is 0.308 e. The molecule has 28 heavy (non-hydrogen) atoms. The molecule has 4 rings (SSSR count). The first-order valence-electron chi connectivity index (χ1n) is 10.0. The summed E-state index contributed by atoms with van der Waals surface area (Å²) in [6.45, 7) is 4.98. The Kier molecular flexibility index (Phi) is 5.59. The number of imidazole rings is 1. The zero-order valence-corrected chi connectivity index (χ0v) is 16.1. The predicted molar refractivity (Wildman–Crippen MR) is 109 cm³/mol. The van der Waals surface area contributed by atoms with Crippen molar-refractivity contribution in [3.05, 3.63) is 60.2 Å². The molecule has 1 atom stereocenters. The van der Waals surface area contributed by atoms with Gasteiger partial charge in [-0.1, -0.05) is 42.5 Å². The molecule has 6 nitrogen and oxygen atoms in total. The topological polar surface area (TPSA) is 72.5 Å². The van der Waals surface area contributed by atoms with Crippen molar-refractivity contribution in [3.8, 4) is 0 Å². The van der Waals surface area contributed by atoms with Crippen LogP contribution in [0.15, 0.2) is 48.8 Å². The van der Waals surface area contributed by atoms with Gasteiger partial charge in [-0.2, -0.15) is 0 Å². The van der Waals surface area contributed by atoms with E-state index in [1.165, 1.54) is 5.56 Å². The molecule has 1 aromatic heterocycles. The largest absolute Gasteiger partial charge is 0.481 e. The van der Waals surface area contributed by atoms with Crippen LogP contribution >= 0.6 is 0 Å². The van der Waals surface area contributed by atoms with Crippen LogP contribution in [-0.4, -0.2) is 63.6 Å². The summed E-state index contributed by atoms with van der Waals surface area (Å²) in [6, 6.07) is 10.3. The van der Waals surface area contributed by atoms with Crippen LogP contribution in [0.4, 0.5) is 0 Å². The van der Waals surface area contributed by atoms with Crippen molar-refractivity contribution in [3.63, 3.8) is 0 Å². The highest BCUT2D eigenvalue weighted by Gasteiger charge is 2.51. The van der Waals surface area contributed by atoms with Crippen molar-refractivity contribution in [2.45, 2.75) is 19.4 Å². The fourth-order valence-corrected chi connectivity index (χ4v) is 4.72. The van der Waals surface area contributed by atoms with Crippen LogP contribution < -0.4 is 0 Å². The van der Waals surface area contributed by atoms with Gasteiger partial charge in [-0.15, -0.1) is 0 Å². The van der Waals surface area contributed by atoms with Crippen LogP contribution in [0.3, 0.4) is 0 Å². The van der Waals surface area contributed by atoms with E-state index in [4.69, 9.17) is 0 Å². The van der Waals surface area contributed by atoms with Crippen molar-refractivity contribution in [1.29, 1.82) is 0 Å². The molecule has 2 N–H and O–H groups in total. The molecule has 2 saturated heterocycles. The van der Waals surface area contributed by atoms with Gasteiger partial charge in [-0.25, -0.2) is 4.98 Å². The fraction of sp³-hybridized carbons (Fsp3) is 0.455. The SMILES string of the molecule is O=C(O)C1CN(Cc2ncc[nH]2)CC12CCN(C/C=C/c1ccccc1)CC2. The zero-order valence-electron chi connectivity index (χ0n) is 16.1. The molecule has 1 unspecified atom stereocenters. The van der Waals surface area contributed by atoms with E-state index in [0.29, 0.717) is 13.1 Å². The minimum atomic E-state index is -0.653. The second-order valence-electron chi connectivity index (χ2n) is 8.07. The number of carbonyl (C=O) groups is 1. The zero-order chi connectivity index (χ0) is 19.4. The summed E-state index contributed by atoms with van der Waals surface area (Å²) in [5, 5.41) is 9.83. The summed E-state index contributed by atoms with van der Waals surface area (Å²) >= 11 is 0. The van der Waals surface area contributed by atoms with Gasteiger partial charge < -0.3 is 10.1 Å². The number of piperidine rings is 1. The van der Waals surface area contributed by atoms with Gasteiger partial charge in [0.25, 0.3) is 0 Å². The molecule has 2 aliphatic heterocycles. The lowest BCUT2D eigenvalue weighted by Gasteiger charge is -2.41. The standard InChI is InChI=1S/C22H28N4O2/c27-21(28)19-15-26(16-20-23-10-11-24-20)17-22(19)8-13-25(14-9-22)12-4-7-18-5-2-1-3-6-18/h1-7,10-11,19H,8-9,12-17H2,(H,23,24)(H,27,28)/b7-4+. The first-order chi connectivity index (χ1) is 13.6. The summed E-state index contributed by atoms with van der Waals surface area (Å²) in [5.41, 5.74) is 1.10. The second kappa shape index (κ2) is 8.29. The van der Waals surface area contributed by atoms with Gasteiger partial charge in [-0.05, 0) is 31.5 Å². The third-order valence-corrected chi connectivity index (χ3v) is 6.27. The van der Waals surface area contributed by atoms with E-state index < -0.39 is 5.97 Å². The van der Waals surface area contributed by atoms with Crippen molar-refractivity contribution < 1.29 is 9.90 Å². The molecule has 1 aromatic carbocycles. The summed E-state index contributed by atoms with van der Waals surface area (Å²) < 4.78 is 0. The molecular weight excluding hydrogens is 352 g/mol. The van der Waals surface area contributed by atoms with Gasteiger partial charge in [0.05, 0.1) is 12.5 Å². The number of nitrogens with one attached hydrogen (secondary N) is 1. The van der Waals surface area contributed by atoms with Gasteiger partial charge in [0, 0.05) is 37.4 Å². The van der Waals surface area contributed by atoms with E-state index in [9.17, 15) is 9.90 Å². The minimum Gasteiger partial charge on any atom is -0.481 e. The summed E-state index contributed by atoms with van der Waals surface area (Å²) in [5.74, 6) is -0.0338. The number of carboxylic acids is 1. The molecule has 2 fully saturated rings. The highest BCUT2D eigenvalue weighted by atomic mass is 16.4. The normalized spacial score (nSPS) is 22.9. The first kappa shape index (κ1) is 18.9. The van der Waals surface area contributed by atoms with Crippen molar-refractivity contribution in [2.75, 3.05) is 32.7 Å². The molecule has 1 spiro atoms. The average molecular weight is 380 g/mol. The number of rotatable bonds is 6. The number of carboxylic acid groups (broad SMARTS) is 1. The van der Waals surface area contributed by atoms with Gasteiger partial charge in [-0.3, -0.25) is 14.6 Å². The summed E-state index contributed by atoms with van der Waals surface area (Å²) in [6.07, 6.45) is 9.81. The maximum absolute atomic E-state index is 12.0. The summed E-state index contributed by atoms with van der Waals surface area (Å²) in [7, 11) is 0. The van der Waals surface area contributed by atoms with Gasteiger partial charge >= 0.3 is 5.97 Å². The molecular formula is C22H28N4O2. The van der Waals surface area contributed by atoms with Crippen LogP contribution in [-0.2, 0) is 11.3 Å². The van der Waals surface area contributed by atoms with Crippen LogP contribution in [0.2, 0.25) is 0 Å². The number of aliphatic carboxylic acids is 1. The van der Waals surface area contributed by atoms with E-state index >= 15 is 0 Å². The Morgan fingerprint density at radius 3 is 2.71 bits per heavy atom. The number of aromatic nitrogens is 2. The highest BCUT2D eigenvalue weighted by Crippen LogP contribution is 2.45. The van der Waals surface area contributed by atoms with Crippen LogP contribution in [0, 0.1) is 11.3 Å². The smallest absolute Gasteiger partial charge is 0.308 e. The van der Waals surface area contributed by atoms with E-state index in [0.717, 1.165) is 44.8 Å². The first-order valence-corrected chi connectivity index (χ1v) is 10.0. The van der Waals surface area contributed by atoms with Gasteiger partial charge in [0.1, 0.15) is 5.82 Å². The van der Waals surface area contributed by atoms with E-state index in [-0.39, 0.29) is 11.3 Å². The molecule has 0 bridgehead atoms. The van der Waals surface area contributed by atoms with Gasteiger partial charge in [0.2, 0.25) is 0 Å². The lowest BCUT2D eigenvalue weighted by Crippen LogP contribution is -2.46. The molecule has 0 amide bonds. The van der Waals surface area contributed by atoms with Crippen molar-refractivity contribution in [1.82, 2.24) is 19.8 Å². The number of benzene rings is 1. The number of H-pyrrole nitrogens is 1. The maximum atomic E-state index is 12.0. The Morgan fingerprint density at radius 1 is 1.25 bits per heavy atom. The number of hydrogen-bond donors (Lipinski definition) is 2. The second-order valence-corrected chi connectivity index (χ2v) is 8.07. The van der Waals surface area contributed by atoms with E-state index in [2.05, 4.69) is 44.1 Å². The molecule has 0 radical (unpaired) electrons. The molecule has 2 aliphatic rings. The van der Waals surface area contributed by atoms with Crippen molar-refractivity contribution in [2.24, 2.45) is 11.3 Å².